The van der Waals surface area contributed by atoms with Crippen molar-refractivity contribution < 1.29 is 35.9 Å². The van der Waals surface area contributed by atoms with Gasteiger partial charge in [-0.1, -0.05) is 23.5 Å². The van der Waals surface area contributed by atoms with E-state index >= 15 is 0 Å². The summed E-state index contributed by atoms with van der Waals surface area (Å²) in [5.74, 6) is -4.82. The maximum Gasteiger partial charge on any atom is 0.416 e. The second kappa shape index (κ2) is 11.2. The molecule has 0 saturated carbocycles. The minimum absolute atomic E-state index is 0.185. The van der Waals surface area contributed by atoms with Gasteiger partial charge in [0.15, 0.2) is 16.8 Å². The van der Waals surface area contributed by atoms with Gasteiger partial charge in [-0.2, -0.15) is 13.2 Å². The molecule has 0 spiro atoms. The van der Waals surface area contributed by atoms with Crippen LogP contribution in [0.4, 0.5) is 48.5 Å². The molecule has 0 fully saturated rings. The maximum atomic E-state index is 14.0. The molecular weight excluding hydrogens is 582 g/mol. The molecule has 1 aromatic heterocycles. The predicted octanol–water partition coefficient (Wildman–Crippen LogP) is 8.29. The summed E-state index contributed by atoms with van der Waals surface area (Å²) >= 11 is 1.06. The fourth-order valence-electron chi connectivity index (χ4n) is 3.92. The first kappa shape index (κ1) is 28.6. The number of hydrogen-bond acceptors (Lipinski definition) is 5. The molecular formula is C29H18F6N4O2S. The lowest BCUT2D eigenvalue weighted by molar-refractivity contribution is -0.137. The number of fused-ring (bicyclic) bond motifs is 1. The molecule has 0 aliphatic heterocycles. The first-order chi connectivity index (χ1) is 19.9. The number of carbonyl (C=O) groups excluding carboxylic acids is 2. The fraction of sp³-hybridized carbons (Fsp3) is 0.0690. The van der Waals surface area contributed by atoms with E-state index in [-0.39, 0.29) is 27.6 Å². The van der Waals surface area contributed by atoms with E-state index in [1.807, 2.05) is 0 Å². The molecule has 0 unspecified atom stereocenters. The van der Waals surface area contributed by atoms with Crippen LogP contribution in [0, 0.1) is 24.4 Å². The molecule has 42 heavy (non-hydrogen) atoms. The molecule has 0 atom stereocenters. The Morgan fingerprint density at radius 1 is 0.762 bits per heavy atom. The number of thiazole rings is 1. The van der Waals surface area contributed by atoms with E-state index in [1.165, 1.54) is 18.2 Å². The van der Waals surface area contributed by atoms with Crippen molar-refractivity contribution in [2.24, 2.45) is 0 Å². The van der Waals surface area contributed by atoms with Crippen LogP contribution in [0.1, 0.15) is 31.8 Å². The van der Waals surface area contributed by atoms with Crippen LogP contribution >= 0.6 is 11.3 Å². The van der Waals surface area contributed by atoms with Gasteiger partial charge < -0.3 is 16.0 Å². The molecule has 0 aliphatic rings. The molecule has 1 heterocycles. The summed E-state index contributed by atoms with van der Waals surface area (Å²) in [6.07, 6.45) is -4.60. The van der Waals surface area contributed by atoms with Crippen LogP contribution in [-0.2, 0) is 6.18 Å². The third kappa shape index (κ3) is 6.20. The van der Waals surface area contributed by atoms with Crippen LogP contribution in [0.15, 0.2) is 72.8 Å². The van der Waals surface area contributed by atoms with Gasteiger partial charge in [0.2, 0.25) is 0 Å². The zero-order chi connectivity index (χ0) is 30.2. The number of anilines is 4. The van der Waals surface area contributed by atoms with Crippen molar-refractivity contribution in [3.05, 3.63) is 113 Å². The van der Waals surface area contributed by atoms with Crippen molar-refractivity contribution in [2.75, 3.05) is 16.0 Å². The van der Waals surface area contributed by atoms with Crippen LogP contribution in [0.5, 0.6) is 0 Å². The van der Waals surface area contributed by atoms with Crippen molar-refractivity contribution in [3.8, 4) is 0 Å². The minimum Gasteiger partial charge on any atom is -0.329 e. The van der Waals surface area contributed by atoms with E-state index in [4.69, 9.17) is 0 Å². The SMILES string of the molecule is Cc1ccc(NC(=O)c2cccc(C(F)(F)F)c2)cc1NC(=O)c1ccc2nc(Nc3cc(F)c(F)cc3F)sc2c1. The van der Waals surface area contributed by atoms with Crippen LogP contribution < -0.4 is 16.0 Å². The Bertz CT molecular complexity index is 1850. The monoisotopic (exact) mass is 600 g/mol. The third-order valence-electron chi connectivity index (χ3n) is 6.10. The molecule has 0 bridgehead atoms. The standard InChI is InChI=1S/C29H18F6N4O2S/c1-14-5-7-18(36-26(40)15-3-2-4-17(9-15)29(33,34)35)11-23(14)37-27(41)16-6-8-22-25(10-16)42-28(38-22)39-24-13-20(31)19(30)12-21(24)32/h2-13H,1H3,(H,36,40)(H,37,41)(H,38,39). The van der Waals surface area contributed by atoms with Gasteiger partial charge >= 0.3 is 6.18 Å². The van der Waals surface area contributed by atoms with Crippen molar-refractivity contribution in [2.45, 2.75) is 13.1 Å². The van der Waals surface area contributed by atoms with Gasteiger partial charge in [0.25, 0.3) is 11.8 Å². The largest absolute Gasteiger partial charge is 0.416 e. The molecule has 5 rings (SSSR count). The molecule has 0 saturated heterocycles. The number of aromatic nitrogens is 1. The normalized spacial score (nSPS) is 11.4. The van der Waals surface area contributed by atoms with Crippen molar-refractivity contribution in [3.63, 3.8) is 0 Å². The highest BCUT2D eigenvalue weighted by molar-refractivity contribution is 7.22. The average molecular weight is 601 g/mol. The van der Waals surface area contributed by atoms with E-state index in [0.29, 0.717) is 33.6 Å². The van der Waals surface area contributed by atoms with Crippen molar-refractivity contribution in [1.29, 1.82) is 0 Å². The molecule has 5 aromatic rings. The molecule has 13 heteroatoms. The lowest BCUT2D eigenvalue weighted by atomic mass is 10.1. The van der Waals surface area contributed by atoms with E-state index in [9.17, 15) is 35.9 Å². The first-order valence-corrected chi connectivity index (χ1v) is 12.9. The smallest absolute Gasteiger partial charge is 0.329 e. The highest BCUT2D eigenvalue weighted by Gasteiger charge is 2.31. The Balaban J connectivity index is 1.31. The zero-order valence-corrected chi connectivity index (χ0v) is 22.2. The number of nitrogens with one attached hydrogen (secondary N) is 3. The number of alkyl halides is 3. The summed E-state index contributed by atoms with van der Waals surface area (Å²) in [6.45, 7) is 1.72. The predicted molar refractivity (Wildman–Crippen MR) is 148 cm³/mol. The van der Waals surface area contributed by atoms with E-state index in [1.54, 1.807) is 31.2 Å². The first-order valence-electron chi connectivity index (χ1n) is 12.1. The lowest BCUT2D eigenvalue weighted by Gasteiger charge is -2.13. The maximum absolute atomic E-state index is 14.0. The number of carbonyl (C=O) groups is 2. The molecule has 0 radical (unpaired) electrons. The van der Waals surface area contributed by atoms with E-state index in [0.717, 1.165) is 29.5 Å². The number of benzene rings is 4. The number of hydrogen-bond donors (Lipinski definition) is 3. The van der Waals surface area contributed by atoms with Crippen LogP contribution in [-0.4, -0.2) is 16.8 Å². The number of halogens is 6. The van der Waals surface area contributed by atoms with Gasteiger partial charge in [-0.3, -0.25) is 9.59 Å². The summed E-state index contributed by atoms with van der Waals surface area (Å²) < 4.78 is 80.4. The van der Waals surface area contributed by atoms with Gasteiger partial charge in [-0.05, 0) is 61.0 Å². The number of rotatable bonds is 6. The summed E-state index contributed by atoms with van der Waals surface area (Å²) in [4.78, 5) is 29.9. The number of nitrogens with zero attached hydrogens (tertiary/aromatic N) is 1. The average Bonchev–Trinajstić information content (AvgIpc) is 3.34. The molecule has 2 amide bonds. The van der Waals surface area contributed by atoms with Gasteiger partial charge in [-0.25, -0.2) is 18.2 Å². The Labute approximate surface area is 238 Å². The van der Waals surface area contributed by atoms with Crippen LogP contribution in [0.25, 0.3) is 10.2 Å². The summed E-state index contributed by atoms with van der Waals surface area (Å²) in [5, 5.41) is 8.07. The number of amides is 2. The van der Waals surface area contributed by atoms with E-state index < -0.39 is 41.0 Å². The van der Waals surface area contributed by atoms with Gasteiger partial charge in [0.1, 0.15) is 5.82 Å². The Kier molecular flexibility index (Phi) is 7.61. The summed E-state index contributed by atoms with van der Waals surface area (Å²) in [6, 6.07) is 14.4. The Morgan fingerprint density at radius 3 is 2.24 bits per heavy atom. The minimum atomic E-state index is -4.60. The summed E-state index contributed by atoms with van der Waals surface area (Å²) in [7, 11) is 0. The van der Waals surface area contributed by atoms with Crippen molar-refractivity contribution in [1.82, 2.24) is 4.98 Å². The fourth-order valence-corrected chi connectivity index (χ4v) is 4.84. The van der Waals surface area contributed by atoms with E-state index in [2.05, 4.69) is 20.9 Å². The van der Waals surface area contributed by atoms with Gasteiger partial charge in [0, 0.05) is 34.6 Å². The van der Waals surface area contributed by atoms with Gasteiger partial charge in [-0.15, -0.1) is 0 Å². The molecule has 3 N–H and O–H groups in total. The molecule has 0 aliphatic carbocycles. The highest BCUT2D eigenvalue weighted by Crippen LogP contribution is 2.32. The second-order valence-electron chi connectivity index (χ2n) is 9.09. The Hall–Kier alpha value is -4.91. The molecule has 6 nitrogen and oxygen atoms in total. The van der Waals surface area contributed by atoms with Gasteiger partial charge in [0.05, 0.1) is 21.5 Å². The van der Waals surface area contributed by atoms with Crippen LogP contribution in [0.3, 0.4) is 0 Å². The third-order valence-corrected chi connectivity index (χ3v) is 7.03. The highest BCUT2D eigenvalue weighted by atomic mass is 32.1. The van der Waals surface area contributed by atoms with Crippen molar-refractivity contribution >= 4 is 55.6 Å². The topological polar surface area (TPSA) is 83.1 Å². The summed E-state index contributed by atoms with van der Waals surface area (Å²) in [5.41, 5.74) is 0.519. The zero-order valence-electron chi connectivity index (χ0n) is 21.4. The second-order valence-corrected chi connectivity index (χ2v) is 10.1. The molecule has 4 aromatic carbocycles. The quantitative estimate of drug-likeness (QED) is 0.135. The molecule has 214 valence electrons. The lowest BCUT2D eigenvalue weighted by Crippen LogP contribution is -2.15. The van der Waals surface area contributed by atoms with Crippen LogP contribution in [0.2, 0.25) is 0 Å². The number of aryl methyl sites for hydroxylation is 1. The Morgan fingerprint density at radius 2 is 1.48 bits per heavy atom.